The van der Waals surface area contributed by atoms with Gasteiger partial charge in [0.2, 0.25) is 5.91 Å². The smallest absolute Gasteiger partial charge is 0.316 e. The molecule has 142 valence electrons. The van der Waals surface area contributed by atoms with Crippen LogP contribution in [0.4, 0.5) is 10.1 Å². The number of hydrogen-bond acceptors (Lipinski definition) is 7. The first-order chi connectivity index (χ1) is 12.8. The van der Waals surface area contributed by atoms with Gasteiger partial charge in [-0.05, 0) is 30.3 Å². The highest BCUT2D eigenvalue weighted by Gasteiger charge is 2.18. The van der Waals surface area contributed by atoms with E-state index in [4.69, 9.17) is 15.2 Å². The van der Waals surface area contributed by atoms with E-state index in [9.17, 15) is 24.1 Å². The highest BCUT2D eigenvalue weighted by atomic mass is 32.2. The maximum atomic E-state index is 13.3. The van der Waals surface area contributed by atoms with E-state index in [-0.39, 0.29) is 28.5 Å². The third-order valence-electron chi connectivity index (χ3n) is 3.42. The minimum Gasteiger partial charge on any atom is -0.496 e. The summed E-state index contributed by atoms with van der Waals surface area (Å²) in [5.74, 6) is -1.79. The molecule has 0 heterocycles. The summed E-state index contributed by atoms with van der Waals surface area (Å²) in [5, 5.41) is 11.1. The van der Waals surface area contributed by atoms with Gasteiger partial charge >= 0.3 is 5.97 Å². The molecule has 10 heteroatoms. The molecule has 0 aliphatic carbocycles. The first-order valence-electron chi connectivity index (χ1n) is 7.51. The van der Waals surface area contributed by atoms with Gasteiger partial charge in [0.05, 0.1) is 22.7 Å². The highest BCUT2D eigenvalue weighted by molar-refractivity contribution is 8.00. The Labute approximate surface area is 157 Å². The number of esters is 1. The molecule has 2 aromatic rings. The molecule has 1 amide bonds. The molecule has 0 spiro atoms. The third-order valence-corrected chi connectivity index (χ3v) is 4.45. The van der Waals surface area contributed by atoms with Gasteiger partial charge < -0.3 is 15.2 Å². The van der Waals surface area contributed by atoms with E-state index in [1.54, 1.807) is 0 Å². The van der Waals surface area contributed by atoms with Crippen LogP contribution >= 0.6 is 11.8 Å². The van der Waals surface area contributed by atoms with Gasteiger partial charge in [-0.25, -0.2) is 4.39 Å². The quantitative estimate of drug-likeness (QED) is 0.316. The SMILES string of the molecule is COc1ccc(F)cc1COC(=O)CSc1ccc(C(N)=O)cc1[N+](=O)[O-]. The van der Waals surface area contributed by atoms with Gasteiger partial charge in [-0.1, -0.05) is 0 Å². The van der Waals surface area contributed by atoms with Crippen LogP contribution < -0.4 is 10.5 Å². The fourth-order valence-corrected chi connectivity index (χ4v) is 2.93. The number of nitrogens with two attached hydrogens (primary N) is 1. The summed E-state index contributed by atoms with van der Waals surface area (Å²) in [6.45, 7) is -0.205. The second kappa shape index (κ2) is 8.99. The largest absolute Gasteiger partial charge is 0.496 e. The summed E-state index contributed by atoms with van der Waals surface area (Å²) in [4.78, 5) is 33.7. The van der Waals surface area contributed by atoms with Crippen LogP contribution in [0.2, 0.25) is 0 Å². The van der Waals surface area contributed by atoms with Gasteiger partial charge in [-0.3, -0.25) is 19.7 Å². The normalized spacial score (nSPS) is 10.3. The molecule has 2 aromatic carbocycles. The van der Waals surface area contributed by atoms with Gasteiger partial charge in [0.25, 0.3) is 5.69 Å². The monoisotopic (exact) mass is 394 g/mol. The average molecular weight is 394 g/mol. The van der Waals surface area contributed by atoms with E-state index in [1.807, 2.05) is 0 Å². The highest BCUT2D eigenvalue weighted by Crippen LogP contribution is 2.30. The minimum atomic E-state index is -0.793. The molecule has 8 nitrogen and oxygen atoms in total. The van der Waals surface area contributed by atoms with Gasteiger partial charge in [0.15, 0.2) is 0 Å². The average Bonchev–Trinajstić information content (AvgIpc) is 2.64. The lowest BCUT2D eigenvalue weighted by Crippen LogP contribution is -2.11. The fraction of sp³-hybridized carbons (Fsp3) is 0.176. The number of carbonyl (C=O) groups is 2. The number of methoxy groups -OCH3 is 1. The van der Waals surface area contributed by atoms with Crippen LogP contribution in [0.5, 0.6) is 5.75 Å². The zero-order valence-electron chi connectivity index (χ0n) is 14.1. The van der Waals surface area contributed by atoms with Crippen molar-refractivity contribution >= 4 is 29.3 Å². The van der Waals surface area contributed by atoms with Crippen molar-refractivity contribution in [1.29, 1.82) is 0 Å². The van der Waals surface area contributed by atoms with Crippen molar-refractivity contribution in [2.24, 2.45) is 5.73 Å². The number of halogens is 1. The molecule has 0 radical (unpaired) electrons. The number of rotatable bonds is 8. The van der Waals surface area contributed by atoms with Crippen molar-refractivity contribution < 1.29 is 28.4 Å². The Bertz CT molecular complexity index is 890. The number of nitro benzene ring substituents is 1. The number of carbonyl (C=O) groups excluding carboxylic acids is 2. The molecule has 2 rings (SSSR count). The molecule has 27 heavy (non-hydrogen) atoms. The van der Waals surface area contributed by atoms with Crippen molar-refractivity contribution in [2.45, 2.75) is 11.5 Å². The number of amides is 1. The van der Waals surface area contributed by atoms with Gasteiger partial charge in [-0.2, -0.15) is 0 Å². The van der Waals surface area contributed by atoms with Crippen molar-refractivity contribution in [3.8, 4) is 5.75 Å². The molecular formula is C17H15FN2O6S. The number of nitro groups is 1. The number of thioether (sulfide) groups is 1. The lowest BCUT2D eigenvalue weighted by molar-refractivity contribution is -0.387. The van der Waals surface area contributed by atoms with Crippen molar-refractivity contribution in [2.75, 3.05) is 12.9 Å². The molecule has 2 N–H and O–H groups in total. The van der Waals surface area contributed by atoms with Crippen LogP contribution in [0.25, 0.3) is 0 Å². The molecule has 0 atom stereocenters. The topological polar surface area (TPSA) is 122 Å². The Kier molecular flexibility index (Phi) is 6.72. The lowest BCUT2D eigenvalue weighted by atomic mass is 10.2. The molecule has 0 aromatic heterocycles. The first-order valence-corrected chi connectivity index (χ1v) is 8.49. The van der Waals surface area contributed by atoms with E-state index < -0.39 is 22.6 Å². The summed E-state index contributed by atoms with van der Waals surface area (Å²) < 4.78 is 23.4. The molecular weight excluding hydrogens is 379 g/mol. The van der Waals surface area contributed by atoms with Crippen molar-refractivity contribution in [3.05, 3.63) is 63.5 Å². The number of nitrogens with zero attached hydrogens (tertiary/aromatic N) is 1. The maximum Gasteiger partial charge on any atom is 0.316 e. The van der Waals surface area contributed by atoms with Gasteiger partial charge in [-0.15, -0.1) is 11.8 Å². The second-order valence-corrected chi connectivity index (χ2v) is 6.23. The fourth-order valence-electron chi connectivity index (χ4n) is 2.13. The Morgan fingerprint density at radius 1 is 1.26 bits per heavy atom. The lowest BCUT2D eigenvalue weighted by Gasteiger charge is -2.09. The minimum absolute atomic E-state index is 0.00757. The van der Waals surface area contributed by atoms with E-state index in [0.717, 1.165) is 17.8 Å². The Hall–Kier alpha value is -3.14. The van der Waals surface area contributed by atoms with Crippen LogP contribution in [-0.2, 0) is 16.1 Å². The summed E-state index contributed by atoms with van der Waals surface area (Å²) in [7, 11) is 1.41. The molecule has 0 saturated heterocycles. The van der Waals surface area contributed by atoms with Crippen molar-refractivity contribution in [1.82, 2.24) is 0 Å². The van der Waals surface area contributed by atoms with Crippen LogP contribution in [0.15, 0.2) is 41.3 Å². The molecule has 0 aliphatic rings. The summed E-state index contributed by atoms with van der Waals surface area (Å²) >= 11 is 0.878. The van der Waals surface area contributed by atoms with Crippen LogP contribution in [0.1, 0.15) is 15.9 Å². The zero-order valence-corrected chi connectivity index (χ0v) is 15.0. The van der Waals surface area contributed by atoms with Crippen molar-refractivity contribution in [3.63, 3.8) is 0 Å². The molecule has 0 unspecified atom stereocenters. The first kappa shape index (κ1) is 20.2. The molecule has 0 bridgehead atoms. The zero-order chi connectivity index (χ0) is 20.0. The summed E-state index contributed by atoms with van der Waals surface area (Å²) in [5.41, 5.74) is 5.11. The maximum absolute atomic E-state index is 13.3. The number of benzene rings is 2. The van der Waals surface area contributed by atoms with Gasteiger partial charge in [0, 0.05) is 17.2 Å². The molecule has 0 aliphatic heterocycles. The van der Waals surface area contributed by atoms with Gasteiger partial charge in [0.1, 0.15) is 18.2 Å². The Balaban J connectivity index is 2.01. The van der Waals surface area contributed by atoms with Crippen LogP contribution in [0.3, 0.4) is 0 Å². The number of ether oxygens (including phenoxy) is 2. The number of hydrogen-bond donors (Lipinski definition) is 1. The van der Waals surface area contributed by atoms with E-state index in [0.29, 0.717) is 11.3 Å². The Morgan fingerprint density at radius 2 is 2.00 bits per heavy atom. The second-order valence-electron chi connectivity index (χ2n) is 5.21. The summed E-state index contributed by atoms with van der Waals surface area (Å²) in [6, 6.07) is 7.54. The van der Waals surface area contributed by atoms with E-state index in [2.05, 4.69) is 0 Å². The predicted octanol–water partition coefficient (Wildman–Crippen LogP) is 2.68. The molecule has 0 saturated carbocycles. The van der Waals surface area contributed by atoms with Crippen LogP contribution in [-0.4, -0.2) is 29.7 Å². The van der Waals surface area contributed by atoms with E-state index >= 15 is 0 Å². The standard InChI is InChI=1S/C17H15FN2O6S/c1-25-14-4-3-12(18)6-11(14)8-26-16(21)9-27-15-5-2-10(17(19)22)7-13(15)20(23)24/h2-7H,8-9H2,1H3,(H2,19,22). The third kappa shape index (κ3) is 5.42. The van der Waals surface area contributed by atoms with Crippen LogP contribution in [0, 0.1) is 15.9 Å². The molecule has 0 fully saturated rings. The van der Waals surface area contributed by atoms with E-state index in [1.165, 1.54) is 37.4 Å². The summed E-state index contributed by atoms with van der Waals surface area (Å²) in [6.07, 6.45) is 0. The predicted molar refractivity (Wildman–Crippen MR) is 95.1 cm³/mol. The Morgan fingerprint density at radius 3 is 2.63 bits per heavy atom. The number of primary amides is 1.